The van der Waals surface area contributed by atoms with Gasteiger partial charge in [0.25, 0.3) is 5.79 Å². The molecule has 1 saturated carbocycles. The Kier molecular flexibility index (Phi) is 26.3. The quantitative estimate of drug-likeness (QED) is 0.146. The molecule has 0 aromatic carbocycles. The summed E-state index contributed by atoms with van der Waals surface area (Å²) in [5.41, 5.74) is 0. The van der Waals surface area contributed by atoms with E-state index in [1.165, 1.54) is 167 Å². The van der Waals surface area contributed by atoms with Crippen molar-refractivity contribution in [1.82, 2.24) is 0 Å². The van der Waals surface area contributed by atoms with Crippen LogP contribution in [0.15, 0.2) is 0 Å². The molecule has 45 heavy (non-hydrogen) atoms. The van der Waals surface area contributed by atoms with Crippen LogP contribution in [-0.2, 0) is 0 Å². The van der Waals surface area contributed by atoms with Crippen LogP contribution in [0.1, 0.15) is 231 Å². The van der Waals surface area contributed by atoms with Crippen LogP contribution < -0.4 is 0 Å². The summed E-state index contributed by atoms with van der Waals surface area (Å²) in [5, 5.41) is 62.2. The van der Waals surface area contributed by atoms with E-state index in [4.69, 9.17) is 0 Å². The van der Waals surface area contributed by atoms with Crippen LogP contribution in [0.5, 0.6) is 0 Å². The van der Waals surface area contributed by atoms with E-state index in [-0.39, 0.29) is 12.8 Å². The van der Waals surface area contributed by atoms with E-state index >= 15 is 0 Å². The van der Waals surface area contributed by atoms with Gasteiger partial charge in [-0.3, -0.25) is 0 Å². The molecule has 0 amide bonds. The monoisotopic (exact) mass is 643 g/mol. The molecule has 0 saturated heterocycles. The van der Waals surface area contributed by atoms with Crippen molar-refractivity contribution in [2.75, 3.05) is 0 Å². The Morgan fingerprint density at radius 2 is 0.289 bits per heavy atom. The highest BCUT2D eigenvalue weighted by molar-refractivity contribution is 4.93. The molecule has 1 fully saturated rings. The second-order valence-corrected chi connectivity index (χ2v) is 14.8. The second kappa shape index (κ2) is 27.7. The molecule has 1 aliphatic rings. The fourth-order valence-corrected chi connectivity index (χ4v) is 7.07. The van der Waals surface area contributed by atoms with E-state index < -0.39 is 17.4 Å². The van der Waals surface area contributed by atoms with Crippen molar-refractivity contribution in [2.24, 2.45) is 0 Å². The standard InChI is InChI=1S/C39H78O6/c40-37(41)35-33-31-29-27-25-23-21-19-17-15-13-11-9-7-5-3-1-2-4-6-8-10-12-14-16-18-20-22-24-26-28-30-32-34-36-38(42,43)39(37,44)45/h40-45H,1-36H2. The summed E-state index contributed by atoms with van der Waals surface area (Å²) in [6.07, 6.45) is 40.9. The van der Waals surface area contributed by atoms with Gasteiger partial charge >= 0.3 is 0 Å². The number of rotatable bonds is 0. The third-order valence-electron chi connectivity index (χ3n) is 10.4. The molecule has 0 aromatic rings. The van der Waals surface area contributed by atoms with Gasteiger partial charge in [-0.1, -0.05) is 205 Å². The first kappa shape index (κ1) is 42.8. The third kappa shape index (κ3) is 22.1. The van der Waals surface area contributed by atoms with E-state index in [0.717, 1.165) is 38.5 Å². The molecule has 0 aliphatic heterocycles. The summed E-state index contributed by atoms with van der Waals surface area (Å²) >= 11 is 0. The van der Waals surface area contributed by atoms with E-state index in [0.29, 0.717) is 12.8 Å². The lowest BCUT2D eigenvalue weighted by Gasteiger charge is -2.43. The molecule has 0 heterocycles. The Balaban J connectivity index is 2.31. The van der Waals surface area contributed by atoms with Crippen molar-refractivity contribution in [1.29, 1.82) is 0 Å². The molecule has 6 heteroatoms. The van der Waals surface area contributed by atoms with Crippen molar-refractivity contribution < 1.29 is 30.6 Å². The minimum Gasteiger partial charge on any atom is -0.361 e. The average molecular weight is 643 g/mol. The van der Waals surface area contributed by atoms with Crippen LogP contribution in [0.4, 0.5) is 0 Å². The molecule has 270 valence electrons. The van der Waals surface area contributed by atoms with Gasteiger partial charge in [0.15, 0.2) is 0 Å². The molecular weight excluding hydrogens is 564 g/mol. The molecule has 6 nitrogen and oxygen atoms in total. The minimum absolute atomic E-state index is 0.317. The maximum Gasteiger partial charge on any atom is 0.274 e. The Bertz CT molecular complexity index is 583. The summed E-state index contributed by atoms with van der Waals surface area (Å²) in [4.78, 5) is 0. The maximum absolute atomic E-state index is 10.4. The van der Waals surface area contributed by atoms with Crippen molar-refractivity contribution >= 4 is 0 Å². The van der Waals surface area contributed by atoms with Crippen molar-refractivity contribution in [3.63, 3.8) is 0 Å². The van der Waals surface area contributed by atoms with Gasteiger partial charge < -0.3 is 30.6 Å². The second-order valence-electron chi connectivity index (χ2n) is 14.8. The zero-order valence-corrected chi connectivity index (χ0v) is 29.6. The van der Waals surface area contributed by atoms with Crippen molar-refractivity contribution in [3.8, 4) is 0 Å². The lowest BCUT2D eigenvalue weighted by Crippen LogP contribution is -2.68. The summed E-state index contributed by atoms with van der Waals surface area (Å²) in [6.45, 7) is 0. The van der Waals surface area contributed by atoms with E-state index in [1.54, 1.807) is 0 Å². The third-order valence-corrected chi connectivity index (χ3v) is 10.4. The summed E-state index contributed by atoms with van der Waals surface area (Å²) in [7, 11) is 0. The fourth-order valence-electron chi connectivity index (χ4n) is 7.07. The van der Waals surface area contributed by atoms with Crippen LogP contribution in [0.3, 0.4) is 0 Å². The maximum atomic E-state index is 10.4. The van der Waals surface area contributed by atoms with Crippen LogP contribution in [0, 0.1) is 0 Å². The van der Waals surface area contributed by atoms with Gasteiger partial charge in [-0.15, -0.1) is 0 Å². The van der Waals surface area contributed by atoms with Crippen LogP contribution in [0.2, 0.25) is 0 Å². The number of aliphatic hydroxyl groups is 6. The van der Waals surface area contributed by atoms with Gasteiger partial charge in [0.1, 0.15) is 0 Å². The normalized spacial score (nSPS) is 26.0. The van der Waals surface area contributed by atoms with E-state index in [9.17, 15) is 30.6 Å². The van der Waals surface area contributed by atoms with Gasteiger partial charge in [-0.05, 0) is 12.8 Å². The first-order valence-corrected chi connectivity index (χ1v) is 20.0. The molecule has 0 radical (unpaired) electrons. The topological polar surface area (TPSA) is 121 Å². The summed E-state index contributed by atoms with van der Waals surface area (Å²) < 4.78 is 0. The lowest BCUT2D eigenvalue weighted by atomic mass is 9.88. The van der Waals surface area contributed by atoms with E-state index in [2.05, 4.69) is 0 Å². The number of hydrogen-bond acceptors (Lipinski definition) is 6. The fraction of sp³-hybridized carbons (Fsp3) is 1.00. The zero-order valence-electron chi connectivity index (χ0n) is 29.6. The van der Waals surface area contributed by atoms with Crippen LogP contribution in [-0.4, -0.2) is 48.0 Å². The largest absolute Gasteiger partial charge is 0.361 e. The van der Waals surface area contributed by atoms with Gasteiger partial charge in [0.2, 0.25) is 11.6 Å². The molecular formula is C39H78O6. The average Bonchev–Trinajstić information content (AvgIpc) is 3.00. The number of hydrogen-bond donors (Lipinski definition) is 6. The Labute approximate surface area is 278 Å². The zero-order chi connectivity index (χ0) is 33.0. The van der Waals surface area contributed by atoms with Gasteiger partial charge in [0.05, 0.1) is 0 Å². The Morgan fingerprint density at radius 1 is 0.178 bits per heavy atom. The molecule has 1 aliphatic carbocycles. The highest BCUT2D eigenvalue weighted by atomic mass is 16.7. The predicted octanol–water partition coefficient (Wildman–Crippen LogP) is 10.1. The summed E-state index contributed by atoms with van der Waals surface area (Å²) in [5.74, 6) is -9.37. The molecule has 1 rings (SSSR count). The SMILES string of the molecule is OC1(O)CCCCCCCCCCCCCCCCCCCCCCCCCCCCCCCCCCCCC(O)(O)C1(O)O. The van der Waals surface area contributed by atoms with Crippen LogP contribution in [0.25, 0.3) is 0 Å². The van der Waals surface area contributed by atoms with Crippen molar-refractivity contribution in [2.45, 2.75) is 249 Å². The highest BCUT2D eigenvalue weighted by Gasteiger charge is 2.60. The van der Waals surface area contributed by atoms with Gasteiger partial charge in [0, 0.05) is 12.8 Å². The van der Waals surface area contributed by atoms with E-state index in [1.807, 2.05) is 0 Å². The minimum atomic E-state index is -3.41. The lowest BCUT2D eigenvalue weighted by molar-refractivity contribution is -0.454. The first-order chi connectivity index (χ1) is 21.7. The molecule has 0 aromatic heterocycles. The molecule has 0 bridgehead atoms. The Morgan fingerprint density at radius 3 is 0.422 bits per heavy atom. The predicted molar refractivity (Wildman–Crippen MR) is 188 cm³/mol. The van der Waals surface area contributed by atoms with Crippen LogP contribution >= 0.6 is 0 Å². The Hall–Kier alpha value is -0.240. The molecule has 0 atom stereocenters. The molecule has 0 unspecified atom stereocenters. The first-order valence-electron chi connectivity index (χ1n) is 20.0. The highest BCUT2D eigenvalue weighted by Crippen LogP contribution is 2.35. The smallest absolute Gasteiger partial charge is 0.274 e. The van der Waals surface area contributed by atoms with Gasteiger partial charge in [-0.25, -0.2) is 0 Å². The van der Waals surface area contributed by atoms with Crippen molar-refractivity contribution in [3.05, 3.63) is 0 Å². The summed E-state index contributed by atoms with van der Waals surface area (Å²) in [6, 6.07) is 0. The van der Waals surface area contributed by atoms with Gasteiger partial charge in [-0.2, -0.15) is 0 Å². The molecule has 6 N–H and O–H groups in total. The molecule has 0 spiro atoms.